The van der Waals surface area contributed by atoms with Crippen LogP contribution in [-0.4, -0.2) is 23.0 Å². The number of carbonyl (C=O) groups is 1. The zero-order valence-corrected chi connectivity index (χ0v) is 11.1. The van der Waals surface area contributed by atoms with Crippen LogP contribution in [0, 0.1) is 0 Å². The number of halogens is 3. The standard InChI is InChI=1S/C12H13BrF2O3/c13-5-1-2-8-6-10(18-12(14)15)4-3-9(8)7-11(16)17/h3-4,6,12H,1-2,5,7H2,(H,16,17). The second-order valence-corrected chi connectivity index (χ2v) is 4.47. The lowest BCUT2D eigenvalue weighted by Gasteiger charge is -2.11. The number of benzene rings is 1. The SMILES string of the molecule is O=C(O)Cc1ccc(OC(F)F)cc1CCCBr. The lowest BCUT2D eigenvalue weighted by Crippen LogP contribution is -2.06. The van der Waals surface area contributed by atoms with Crippen LogP contribution in [0.5, 0.6) is 5.75 Å². The first-order valence-corrected chi connectivity index (χ1v) is 6.49. The number of ether oxygens (including phenoxy) is 1. The summed E-state index contributed by atoms with van der Waals surface area (Å²) in [6, 6.07) is 4.37. The van der Waals surface area contributed by atoms with Crippen LogP contribution < -0.4 is 4.74 Å². The van der Waals surface area contributed by atoms with Crippen LogP contribution >= 0.6 is 15.9 Å². The van der Waals surface area contributed by atoms with Gasteiger partial charge >= 0.3 is 12.6 Å². The number of carboxylic acid groups (broad SMARTS) is 1. The molecule has 0 aliphatic carbocycles. The third-order valence-electron chi connectivity index (χ3n) is 2.32. The first-order valence-electron chi connectivity index (χ1n) is 5.37. The molecule has 0 saturated heterocycles. The highest BCUT2D eigenvalue weighted by Crippen LogP contribution is 2.22. The minimum Gasteiger partial charge on any atom is -0.481 e. The zero-order chi connectivity index (χ0) is 13.5. The first kappa shape index (κ1) is 14.9. The van der Waals surface area contributed by atoms with Gasteiger partial charge in [0.2, 0.25) is 0 Å². The van der Waals surface area contributed by atoms with Crippen molar-refractivity contribution in [1.29, 1.82) is 0 Å². The predicted octanol–water partition coefficient (Wildman–Crippen LogP) is 3.24. The van der Waals surface area contributed by atoms with E-state index in [2.05, 4.69) is 20.7 Å². The highest BCUT2D eigenvalue weighted by atomic mass is 79.9. The predicted molar refractivity (Wildman–Crippen MR) is 66.5 cm³/mol. The Morgan fingerprint density at radius 3 is 2.67 bits per heavy atom. The van der Waals surface area contributed by atoms with Crippen molar-refractivity contribution in [3.63, 3.8) is 0 Å². The number of alkyl halides is 3. The molecule has 0 atom stereocenters. The van der Waals surface area contributed by atoms with Crippen molar-refractivity contribution in [2.24, 2.45) is 0 Å². The van der Waals surface area contributed by atoms with Gasteiger partial charge in [-0.1, -0.05) is 22.0 Å². The minimum absolute atomic E-state index is 0.0590. The van der Waals surface area contributed by atoms with E-state index in [4.69, 9.17) is 5.11 Å². The highest BCUT2D eigenvalue weighted by Gasteiger charge is 2.10. The average molecular weight is 323 g/mol. The summed E-state index contributed by atoms with van der Waals surface area (Å²) < 4.78 is 28.5. The summed E-state index contributed by atoms with van der Waals surface area (Å²) in [5, 5.41) is 9.53. The van der Waals surface area contributed by atoms with Crippen molar-refractivity contribution in [3.05, 3.63) is 29.3 Å². The lowest BCUT2D eigenvalue weighted by atomic mass is 10.0. The quantitative estimate of drug-likeness (QED) is 0.784. The number of hydrogen-bond acceptors (Lipinski definition) is 2. The van der Waals surface area contributed by atoms with Crippen molar-refractivity contribution in [1.82, 2.24) is 0 Å². The Morgan fingerprint density at radius 1 is 1.39 bits per heavy atom. The van der Waals surface area contributed by atoms with Gasteiger partial charge in [0.05, 0.1) is 6.42 Å². The summed E-state index contributed by atoms with van der Waals surface area (Å²) in [6.07, 6.45) is 1.30. The second-order valence-electron chi connectivity index (χ2n) is 3.67. The Bertz CT molecular complexity index is 410. The lowest BCUT2D eigenvalue weighted by molar-refractivity contribution is -0.136. The van der Waals surface area contributed by atoms with E-state index in [0.29, 0.717) is 12.0 Å². The Morgan fingerprint density at radius 2 is 2.11 bits per heavy atom. The van der Waals surface area contributed by atoms with Crippen molar-refractivity contribution < 1.29 is 23.4 Å². The van der Waals surface area contributed by atoms with Gasteiger partial charge in [-0.25, -0.2) is 0 Å². The summed E-state index contributed by atoms with van der Waals surface area (Å²) in [5.41, 5.74) is 1.36. The van der Waals surface area contributed by atoms with E-state index in [0.717, 1.165) is 17.3 Å². The van der Waals surface area contributed by atoms with E-state index in [-0.39, 0.29) is 12.2 Å². The second kappa shape index (κ2) is 7.31. The molecule has 100 valence electrons. The monoisotopic (exact) mass is 322 g/mol. The summed E-state index contributed by atoms with van der Waals surface area (Å²) in [4.78, 5) is 10.7. The van der Waals surface area contributed by atoms with Gasteiger partial charge in [0.15, 0.2) is 0 Å². The third-order valence-corrected chi connectivity index (χ3v) is 2.89. The molecule has 0 aliphatic heterocycles. The normalized spacial score (nSPS) is 10.7. The number of carboxylic acids is 1. The Hall–Kier alpha value is -1.17. The fourth-order valence-corrected chi connectivity index (χ4v) is 1.88. The van der Waals surface area contributed by atoms with E-state index in [1.165, 1.54) is 18.2 Å². The van der Waals surface area contributed by atoms with Crippen LogP contribution in [0.3, 0.4) is 0 Å². The molecule has 3 nitrogen and oxygen atoms in total. The molecule has 0 radical (unpaired) electrons. The fourth-order valence-electron chi connectivity index (χ4n) is 1.60. The molecule has 0 spiro atoms. The topological polar surface area (TPSA) is 46.5 Å². The molecule has 6 heteroatoms. The van der Waals surface area contributed by atoms with Crippen LogP contribution in [0.2, 0.25) is 0 Å². The largest absolute Gasteiger partial charge is 0.481 e. The van der Waals surface area contributed by atoms with Crippen molar-refractivity contribution in [2.75, 3.05) is 5.33 Å². The Kier molecular flexibility index (Phi) is 6.04. The Labute approximate surface area is 112 Å². The number of rotatable bonds is 7. The summed E-state index contributed by atoms with van der Waals surface area (Å²) in [6.45, 7) is -2.88. The zero-order valence-electron chi connectivity index (χ0n) is 9.54. The molecule has 0 fully saturated rings. The molecule has 0 heterocycles. The van der Waals surface area contributed by atoms with Gasteiger partial charge < -0.3 is 9.84 Å². The molecule has 0 bridgehead atoms. The molecule has 1 aromatic rings. The molecule has 0 aliphatic rings. The third kappa shape index (κ3) is 5.00. The highest BCUT2D eigenvalue weighted by molar-refractivity contribution is 9.09. The molecular formula is C12H13BrF2O3. The van der Waals surface area contributed by atoms with Gasteiger partial charge in [0.1, 0.15) is 5.75 Å². The van der Waals surface area contributed by atoms with Crippen LogP contribution in [0.4, 0.5) is 8.78 Å². The Balaban J connectivity index is 2.91. The van der Waals surface area contributed by atoms with Gasteiger partial charge in [-0.2, -0.15) is 8.78 Å². The maximum Gasteiger partial charge on any atom is 0.387 e. The van der Waals surface area contributed by atoms with Crippen molar-refractivity contribution in [2.45, 2.75) is 25.9 Å². The average Bonchev–Trinajstić information content (AvgIpc) is 2.27. The van der Waals surface area contributed by atoms with Gasteiger partial charge in [0, 0.05) is 5.33 Å². The van der Waals surface area contributed by atoms with Crippen LogP contribution in [0.25, 0.3) is 0 Å². The maximum atomic E-state index is 12.1. The number of aliphatic carboxylic acids is 1. The minimum atomic E-state index is -2.88. The molecule has 0 amide bonds. The van der Waals surface area contributed by atoms with E-state index in [9.17, 15) is 13.6 Å². The van der Waals surface area contributed by atoms with Gasteiger partial charge in [0.25, 0.3) is 0 Å². The molecule has 1 rings (SSSR count). The molecule has 1 N–H and O–H groups in total. The first-order chi connectivity index (χ1) is 8.52. The van der Waals surface area contributed by atoms with Crippen molar-refractivity contribution in [3.8, 4) is 5.75 Å². The van der Waals surface area contributed by atoms with E-state index in [1.54, 1.807) is 0 Å². The van der Waals surface area contributed by atoms with Crippen molar-refractivity contribution >= 4 is 21.9 Å². The van der Waals surface area contributed by atoms with Crippen LogP contribution in [0.15, 0.2) is 18.2 Å². The molecule has 0 aromatic heterocycles. The fraction of sp³-hybridized carbons (Fsp3) is 0.417. The maximum absolute atomic E-state index is 12.1. The molecule has 1 aromatic carbocycles. The number of aryl methyl sites for hydroxylation is 1. The molecule has 0 saturated carbocycles. The number of hydrogen-bond donors (Lipinski definition) is 1. The van der Waals surface area contributed by atoms with Crippen LogP contribution in [0.1, 0.15) is 17.5 Å². The van der Waals surface area contributed by atoms with E-state index >= 15 is 0 Å². The molecular weight excluding hydrogens is 310 g/mol. The van der Waals surface area contributed by atoms with E-state index in [1.807, 2.05) is 0 Å². The van der Waals surface area contributed by atoms with Gasteiger partial charge in [-0.05, 0) is 36.1 Å². The molecule has 18 heavy (non-hydrogen) atoms. The van der Waals surface area contributed by atoms with Gasteiger partial charge in [-0.3, -0.25) is 4.79 Å². The summed E-state index contributed by atoms with van der Waals surface area (Å²) in [5.74, 6) is -0.888. The van der Waals surface area contributed by atoms with Gasteiger partial charge in [-0.15, -0.1) is 0 Å². The summed E-state index contributed by atoms with van der Waals surface area (Å²) in [7, 11) is 0. The van der Waals surface area contributed by atoms with Crippen LogP contribution in [-0.2, 0) is 17.6 Å². The smallest absolute Gasteiger partial charge is 0.387 e. The van der Waals surface area contributed by atoms with E-state index < -0.39 is 12.6 Å². The molecule has 0 unspecified atom stereocenters. The summed E-state index contributed by atoms with van der Waals surface area (Å²) >= 11 is 3.27.